The van der Waals surface area contributed by atoms with Crippen LogP contribution in [0.5, 0.6) is 0 Å². The van der Waals surface area contributed by atoms with Gasteiger partial charge in [-0.15, -0.1) is 10.2 Å². The van der Waals surface area contributed by atoms with Gasteiger partial charge in [0.05, 0.1) is 0 Å². The normalized spacial score (nSPS) is 12.9. The van der Waals surface area contributed by atoms with E-state index < -0.39 is 0 Å². The van der Waals surface area contributed by atoms with Gasteiger partial charge in [0, 0.05) is 34.0 Å². The highest BCUT2D eigenvalue weighted by Crippen LogP contribution is 2.25. The lowest BCUT2D eigenvalue weighted by Gasteiger charge is -2.08. The summed E-state index contributed by atoms with van der Waals surface area (Å²) in [5.41, 5.74) is 4.29. The first kappa shape index (κ1) is 20.6. The summed E-state index contributed by atoms with van der Waals surface area (Å²) in [5.74, 6) is 0.430. The number of hydrogen-bond donors (Lipinski definition) is 2. The van der Waals surface area contributed by atoms with Gasteiger partial charge in [0.2, 0.25) is 11.8 Å². The van der Waals surface area contributed by atoms with Crippen LogP contribution >= 0.6 is 0 Å². The first-order valence-corrected chi connectivity index (χ1v) is 10.8. The fraction of sp³-hybridized carbons (Fsp3) is 0.154. The van der Waals surface area contributed by atoms with Gasteiger partial charge in [0.1, 0.15) is 0 Å². The Balaban J connectivity index is 1.26. The number of aromatic nitrogens is 2. The molecule has 0 aliphatic heterocycles. The number of carbonyl (C=O) groups is 2. The first-order valence-electron chi connectivity index (χ1n) is 10.8. The van der Waals surface area contributed by atoms with E-state index in [1.165, 1.54) is 0 Å². The highest BCUT2D eigenvalue weighted by Gasteiger charge is 2.23. The smallest absolute Gasteiger partial charge is 0.255 e. The lowest BCUT2D eigenvalue weighted by molar-refractivity contribution is 0.0949. The third-order valence-electron chi connectivity index (χ3n) is 5.41. The quantitative estimate of drug-likeness (QED) is 0.448. The van der Waals surface area contributed by atoms with Crippen molar-refractivity contribution in [3.63, 3.8) is 0 Å². The highest BCUT2D eigenvalue weighted by molar-refractivity contribution is 6.05. The number of rotatable bonds is 6. The van der Waals surface area contributed by atoms with Crippen molar-refractivity contribution >= 4 is 17.5 Å². The minimum absolute atomic E-state index is 0.123. The van der Waals surface area contributed by atoms with Crippen molar-refractivity contribution in [1.82, 2.24) is 15.5 Å². The monoisotopic (exact) mass is 438 g/mol. The molecule has 0 spiro atoms. The minimum Gasteiger partial charge on any atom is -0.416 e. The second-order valence-electron chi connectivity index (χ2n) is 8.14. The minimum atomic E-state index is -0.271. The fourth-order valence-corrected chi connectivity index (χ4v) is 3.35. The van der Waals surface area contributed by atoms with Crippen LogP contribution in [0.4, 0.5) is 5.69 Å². The van der Waals surface area contributed by atoms with Crippen LogP contribution in [-0.4, -0.2) is 28.1 Å². The van der Waals surface area contributed by atoms with Crippen molar-refractivity contribution in [2.24, 2.45) is 0 Å². The lowest BCUT2D eigenvalue weighted by atomic mass is 10.1. The van der Waals surface area contributed by atoms with Crippen LogP contribution < -0.4 is 10.6 Å². The van der Waals surface area contributed by atoms with E-state index in [1.54, 1.807) is 48.5 Å². The molecule has 0 saturated heterocycles. The second-order valence-corrected chi connectivity index (χ2v) is 8.14. The topological polar surface area (TPSA) is 97.1 Å². The maximum absolute atomic E-state index is 12.7. The molecule has 2 amide bonds. The summed E-state index contributed by atoms with van der Waals surface area (Å²) < 4.78 is 5.80. The molecule has 7 nitrogen and oxygen atoms in total. The predicted molar refractivity (Wildman–Crippen MR) is 125 cm³/mol. The Hall–Kier alpha value is -4.26. The summed E-state index contributed by atoms with van der Waals surface area (Å²) in [6.45, 7) is 2.02. The van der Waals surface area contributed by atoms with E-state index >= 15 is 0 Å². The van der Waals surface area contributed by atoms with Crippen molar-refractivity contribution in [3.05, 3.63) is 89.5 Å². The summed E-state index contributed by atoms with van der Waals surface area (Å²) in [4.78, 5) is 24.9. The van der Waals surface area contributed by atoms with Gasteiger partial charge in [0.25, 0.3) is 11.8 Å². The number of nitrogens with zero attached hydrogens (tertiary/aromatic N) is 2. The molecule has 3 aromatic carbocycles. The molecule has 1 saturated carbocycles. The number of nitrogens with one attached hydrogen (secondary N) is 2. The van der Waals surface area contributed by atoms with E-state index in [9.17, 15) is 9.59 Å². The standard InChI is InChI=1S/C26H22N4O3/c1-16-5-7-18(8-6-16)25-29-30-26(33-25)19-11-9-17(10-12-19)23(31)28-22-4-2-3-20(15-22)24(32)27-21-13-14-21/h2-12,15,21H,13-14H2,1H3,(H,27,32)(H,28,31). The molecule has 1 fully saturated rings. The van der Waals surface area contributed by atoms with Gasteiger partial charge in [-0.25, -0.2) is 0 Å². The number of benzene rings is 3. The van der Waals surface area contributed by atoms with Crippen molar-refractivity contribution in [2.75, 3.05) is 5.32 Å². The zero-order chi connectivity index (χ0) is 22.8. The number of aryl methyl sites for hydroxylation is 1. The molecule has 7 heteroatoms. The maximum atomic E-state index is 12.7. The van der Waals surface area contributed by atoms with Crippen LogP contribution in [0.3, 0.4) is 0 Å². The Kier molecular flexibility index (Phi) is 5.44. The van der Waals surface area contributed by atoms with Gasteiger partial charge in [0.15, 0.2) is 0 Å². The molecule has 0 radical (unpaired) electrons. The number of hydrogen-bond acceptors (Lipinski definition) is 5. The number of carbonyl (C=O) groups excluding carboxylic acids is 2. The fourth-order valence-electron chi connectivity index (χ4n) is 3.35. The van der Waals surface area contributed by atoms with Crippen LogP contribution in [0.1, 0.15) is 39.1 Å². The third kappa shape index (κ3) is 4.82. The SMILES string of the molecule is Cc1ccc(-c2nnc(-c3ccc(C(=O)Nc4cccc(C(=O)NC5CC5)c4)cc3)o2)cc1. The van der Waals surface area contributed by atoms with Gasteiger partial charge in [-0.05, 0) is 74.4 Å². The average Bonchev–Trinajstić information content (AvgIpc) is 3.51. The van der Waals surface area contributed by atoms with Crippen molar-refractivity contribution in [2.45, 2.75) is 25.8 Å². The highest BCUT2D eigenvalue weighted by atomic mass is 16.4. The first-order chi connectivity index (χ1) is 16.0. The molecule has 2 N–H and O–H groups in total. The molecular formula is C26H22N4O3. The molecule has 5 rings (SSSR count). The molecular weight excluding hydrogens is 416 g/mol. The Morgan fingerprint density at radius 2 is 1.45 bits per heavy atom. The van der Waals surface area contributed by atoms with Crippen LogP contribution in [0, 0.1) is 6.92 Å². The Morgan fingerprint density at radius 3 is 2.09 bits per heavy atom. The summed E-state index contributed by atoms with van der Waals surface area (Å²) in [6.07, 6.45) is 2.05. The van der Waals surface area contributed by atoms with Crippen molar-refractivity contribution < 1.29 is 14.0 Å². The molecule has 4 aromatic rings. The molecule has 1 aliphatic rings. The van der Waals surface area contributed by atoms with Crippen LogP contribution in [0.25, 0.3) is 22.9 Å². The van der Waals surface area contributed by atoms with E-state index in [0.717, 1.165) is 29.5 Å². The van der Waals surface area contributed by atoms with E-state index in [1.807, 2.05) is 31.2 Å². The van der Waals surface area contributed by atoms with Crippen molar-refractivity contribution in [3.8, 4) is 22.9 Å². The van der Waals surface area contributed by atoms with Crippen LogP contribution in [0.2, 0.25) is 0 Å². The van der Waals surface area contributed by atoms with Gasteiger partial charge in [-0.2, -0.15) is 0 Å². The molecule has 1 aliphatic carbocycles. The van der Waals surface area contributed by atoms with Crippen LogP contribution in [0.15, 0.2) is 77.2 Å². The summed E-state index contributed by atoms with van der Waals surface area (Å²) in [5, 5.41) is 14.0. The average molecular weight is 438 g/mol. The van der Waals surface area contributed by atoms with E-state index in [-0.39, 0.29) is 17.9 Å². The second kappa shape index (κ2) is 8.70. The third-order valence-corrected chi connectivity index (χ3v) is 5.41. The zero-order valence-corrected chi connectivity index (χ0v) is 18.0. The summed E-state index contributed by atoms with van der Waals surface area (Å²) >= 11 is 0. The number of amides is 2. The molecule has 164 valence electrons. The number of anilines is 1. The van der Waals surface area contributed by atoms with E-state index in [4.69, 9.17) is 4.42 Å². The molecule has 0 bridgehead atoms. The van der Waals surface area contributed by atoms with Crippen molar-refractivity contribution in [1.29, 1.82) is 0 Å². The molecule has 0 atom stereocenters. The van der Waals surface area contributed by atoms with Gasteiger partial charge in [-0.3, -0.25) is 9.59 Å². The predicted octanol–water partition coefficient (Wildman–Crippen LogP) is 4.86. The van der Waals surface area contributed by atoms with Crippen LogP contribution in [-0.2, 0) is 0 Å². The van der Waals surface area contributed by atoms with Gasteiger partial charge < -0.3 is 15.1 Å². The van der Waals surface area contributed by atoms with E-state index in [2.05, 4.69) is 20.8 Å². The van der Waals surface area contributed by atoms with E-state index in [0.29, 0.717) is 28.6 Å². The maximum Gasteiger partial charge on any atom is 0.255 e. The lowest BCUT2D eigenvalue weighted by Crippen LogP contribution is -2.25. The summed E-state index contributed by atoms with van der Waals surface area (Å²) in [6, 6.07) is 22.0. The largest absolute Gasteiger partial charge is 0.416 e. The molecule has 1 aromatic heterocycles. The molecule has 1 heterocycles. The molecule has 0 unspecified atom stereocenters. The summed E-state index contributed by atoms with van der Waals surface area (Å²) in [7, 11) is 0. The Morgan fingerprint density at radius 1 is 0.818 bits per heavy atom. The van der Waals surface area contributed by atoms with Gasteiger partial charge in [-0.1, -0.05) is 23.8 Å². The molecule has 33 heavy (non-hydrogen) atoms. The van der Waals surface area contributed by atoms with Gasteiger partial charge >= 0.3 is 0 Å². The Bertz CT molecular complexity index is 1310. The zero-order valence-electron chi connectivity index (χ0n) is 18.0. The Labute approximate surface area is 190 Å².